The first kappa shape index (κ1) is 25.4. The van der Waals surface area contributed by atoms with E-state index < -0.39 is 52.5 Å². The van der Waals surface area contributed by atoms with Crippen molar-refractivity contribution in [2.45, 2.75) is 56.6 Å². The lowest BCUT2D eigenvalue weighted by Crippen LogP contribution is -2.36. The molecule has 1 saturated heterocycles. The summed E-state index contributed by atoms with van der Waals surface area (Å²) in [5, 5.41) is 20.3. The lowest BCUT2D eigenvalue weighted by Gasteiger charge is -2.23. The van der Waals surface area contributed by atoms with Gasteiger partial charge in [0.05, 0.1) is 13.2 Å². The van der Waals surface area contributed by atoms with Crippen LogP contribution in [-0.2, 0) is 27.2 Å². The number of hydrogen-bond acceptors (Lipinski definition) is 11. The number of aliphatic hydroxyl groups is 2. The average molecular weight is 499 g/mol. The Labute approximate surface area is 183 Å². The highest BCUT2D eigenvalue weighted by Crippen LogP contribution is 2.60. The predicted octanol–water partition coefficient (Wildman–Crippen LogP) is 0.276. The van der Waals surface area contributed by atoms with E-state index in [-0.39, 0.29) is 18.3 Å². The van der Waals surface area contributed by atoms with Gasteiger partial charge in [-0.1, -0.05) is 19.3 Å². The van der Waals surface area contributed by atoms with E-state index in [9.17, 15) is 33.9 Å². The van der Waals surface area contributed by atoms with Gasteiger partial charge in [0.25, 0.3) is 0 Å². The van der Waals surface area contributed by atoms with Gasteiger partial charge in [-0.2, -0.15) is 9.29 Å². The number of nitrogens with two attached hydrogens (primary N) is 1. The van der Waals surface area contributed by atoms with Crippen LogP contribution in [0.1, 0.15) is 38.3 Å². The summed E-state index contributed by atoms with van der Waals surface area (Å²) in [5.74, 6) is -0.00446. The van der Waals surface area contributed by atoms with Crippen LogP contribution in [0, 0.1) is 5.92 Å². The van der Waals surface area contributed by atoms with Gasteiger partial charge in [-0.3, -0.25) is 13.6 Å². The number of phosphoric acid groups is 2. The second-order valence-electron chi connectivity index (χ2n) is 7.70. The number of nitrogens with zero attached hydrogens (tertiary/aromatic N) is 2. The van der Waals surface area contributed by atoms with Crippen molar-refractivity contribution in [2.75, 3.05) is 18.9 Å². The van der Waals surface area contributed by atoms with Crippen LogP contribution >= 0.6 is 15.6 Å². The van der Waals surface area contributed by atoms with Crippen LogP contribution in [0.15, 0.2) is 17.1 Å². The minimum Gasteiger partial charge on any atom is -0.387 e. The molecule has 0 amide bonds. The minimum atomic E-state index is -5.10. The van der Waals surface area contributed by atoms with Crippen molar-refractivity contribution in [2.24, 2.45) is 5.92 Å². The number of hydrogen-bond donors (Lipinski definition) is 5. The second kappa shape index (κ2) is 10.4. The zero-order valence-electron chi connectivity index (χ0n) is 17.0. The molecule has 6 N–H and O–H groups in total. The Morgan fingerprint density at radius 1 is 1.09 bits per heavy atom. The molecule has 2 aliphatic rings. The number of ether oxygens (including phenoxy) is 1. The maximum atomic E-state index is 12.1. The molecule has 0 radical (unpaired) electrons. The van der Waals surface area contributed by atoms with Crippen LogP contribution in [0.4, 0.5) is 5.82 Å². The summed E-state index contributed by atoms with van der Waals surface area (Å²) < 4.78 is 44.1. The normalized spacial score (nSPS) is 30.6. The van der Waals surface area contributed by atoms with Crippen molar-refractivity contribution < 1.29 is 47.2 Å². The van der Waals surface area contributed by atoms with Crippen LogP contribution in [0.25, 0.3) is 0 Å². The number of anilines is 1. The zero-order chi connectivity index (χ0) is 23.5. The summed E-state index contributed by atoms with van der Waals surface area (Å²) in [4.78, 5) is 34.9. The molecule has 182 valence electrons. The summed E-state index contributed by atoms with van der Waals surface area (Å²) >= 11 is 0. The molecular weight excluding hydrogens is 472 g/mol. The molecule has 1 aliphatic carbocycles. The van der Waals surface area contributed by atoms with E-state index in [4.69, 9.17) is 15.0 Å². The third-order valence-corrected chi connectivity index (χ3v) is 7.87. The Morgan fingerprint density at radius 2 is 1.72 bits per heavy atom. The number of nitrogen functional groups attached to an aromatic ring is 1. The molecular formula is C16H27N3O11P2. The molecule has 1 aromatic rings. The monoisotopic (exact) mass is 499 g/mol. The first-order chi connectivity index (χ1) is 15.0. The Bertz CT molecular complexity index is 938. The van der Waals surface area contributed by atoms with Crippen molar-refractivity contribution in [3.05, 3.63) is 22.7 Å². The van der Waals surface area contributed by atoms with Crippen LogP contribution in [-0.4, -0.2) is 61.1 Å². The Kier molecular flexibility index (Phi) is 8.26. The van der Waals surface area contributed by atoms with E-state index in [0.717, 1.165) is 36.7 Å². The van der Waals surface area contributed by atoms with E-state index in [2.05, 4.69) is 13.8 Å². The van der Waals surface area contributed by atoms with Gasteiger partial charge in [0, 0.05) is 6.20 Å². The van der Waals surface area contributed by atoms with Gasteiger partial charge in [0.15, 0.2) is 6.23 Å². The van der Waals surface area contributed by atoms with Gasteiger partial charge >= 0.3 is 21.3 Å². The molecule has 0 spiro atoms. The molecule has 3 unspecified atom stereocenters. The number of phosphoric ester groups is 2. The van der Waals surface area contributed by atoms with Crippen LogP contribution in [0.2, 0.25) is 0 Å². The highest BCUT2D eigenvalue weighted by Gasteiger charge is 2.46. The molecule has 1 saturated carbocycles. The highest BCUT2D eigenvalue weighted by molar-refractivity contribution is 7.61. The van der Waals surface area contributed by atoms with Crippen LogP contribution < -0.4 is 11.4 Å². The van der Waals surface area contributed by atoms with Gasteiger partial charge in [0.1, 0.15) is 24.1 Å². The van der Waals surface area contributed by atoms with Crippen molar-refractivity contribution in [1.29, 1.82) is 0 Å². The molecule has 2 fully saturated rings. The SMILES string of the molecule is Nc1ccn(C2O[C@H](COP(=O)(O)OP(=O)(O)OCC3CCCCC3)[C@@H](O)[C@@H]2O)c(=O)n1. The fraction of sp³-hybridized carbons (Fsp3) is 0.750. The van der Waals surface area contributed by atoms with Crippen molar-refractivity contribution in [3.63, 3.8) is 0 Å². The van der Waals surface area contributed by atoms with Gasteiger partial charge in [-0.25, -0.2) is 13.9 Å². The summed E-state index contributed by atoms with van der Waals surface area (Å²) in [6.07, 6.45) is -0.103. The highest BCUT2D eigenvalue weighted by atomic mass is 31.3. The molecule has 1 aliphatic heterocycles. The standard InChI is InChI=1S/C16H27N3O11P2/c17-12-6-7-19(16(22)18-12)15-14(21)13(20)11(29-15)9-28-32(25,26)30-31(23,24)27-8-10-4-2-1-3-5-10/h6-7,10-11,13-15,20-21H,1-5,8-9H2,(H,23,24)(H,25,26)(H2,17,18,22)/t11-,13-,14+,15?/m1/s1. The molecule has 6 atom stereocenters. The predicted molar refractivity (Wildman–Crippen MR) is 108 cm³/mol. The maximum absolute atomic E-state index is 12.1. The van der Waals surface area contributed by atoms with Gasteiger partial charge < -0.3 is 30.5 Å². The molecule has 32 heavy (non-hydrogen) atoms. The first-order valence-corrected chi connectivity index (χ1v) is 13.0. The van der Waals surface area contributed by atoms with Gasteiger partial charge in [-0.15, -0.1) is 0 Å². The maximum Gasteiger partial charge on any atom is 0.481 e. The topological polar surface area (TPSA) is 213 Å². The van der Waals surface area contributed by atoms with E-state index in [1.807, 2.05) is 0 Å². The van der Waals surface area contributed by atoms with E-state index in [1.54, 1.807) is 0 Å². The third kappa shape index (κ3) is 6.67. The average Bonchev–Trinajstić information content (AvgIpc) is 2.99. The number of rotatable bonds is 9. The Morgan fingerprint density at radius 3 is 2.34 bits per heavy atom. The summed E-state index contributed by atoms with van der Waals surface area (Å²) in [5.41, 5.74) is 4.55. The smallest absolute Gasteiger partial charge is 0.387 e. The summed E-state index contributed by atoms with van der Waals surface area (Å²) in [7, 11) is -10.00. The molecule has 1 aromatic heterocycles. The largest absolute Gasteiger partial charge is 0.481 e. The molecule has 0 aromatic carbocycles. The molecule has 16 heteroatoms. The molecule has 0 bridgehead atoms. The molecule has 2 heterocycles. The molecule has 3 rings (SSSR count). The summed E-state index contributed by atoms with van der Waals surface area (Å²) in [6.45, 7) is -0.904. The summed E-state index contributed by atoms with van der Waals surface area (Å²) in [6, 6.07) is 1.27. The van der Waals surface area contributed by atoms with E-state index in [0.29, 0.717) is 0 Å². The first-order valence-electron chi connectivity index (χ1n) is 10.00. The zero-order valence-corrected chi connectivity index (χ0v) is 18.8. The minimum absolute atomic E-state index is 0.0542. The Hall–Kier alpha value is -1.18. The second-order valence-corrected chi connectivity index (χ2v) is 10.7. The van der Waals surface area contributed by atoms with Crippen LogP contribution in [0.5, 0.6) is 0 Å². The van der Waals surface area contributed by atoms with Gasteiger partial charge in [-0.05, 0) is 24.8 Å². The van der Waals surface area contributed by atoms with Crippen molar-refractivity contribution in [3.8, 4) is 0 Å². The number of aromatic nitrogens is 2. The fourth-order valence-electron chi connectivity index (χ4n) is 3.61. The van der Waals surface area contributed by atoms with Crippen molar-refractivity contribution in [1.82, 2.24) is 9.55 Å². The van der Waals surface area contributed by atoms with E-state index in [1.165, 1.54) is 12.3 Å². The third-order valence-electron chi connectivity index (χ3n) is 5.27. The van der Waals surface area contributed by atoms with Crippen molar-refractivity contribution >= 4 is 21.5 Å². The Balaban J connectivity index is 1.54. The number of aliphatic hydroxyl groups excluding tert-OH is 2. The fourth-order valence-corrected chi connectivity index (χ4v) is 5.77. The van der Waals surface area contributed by atoms with E-state index >= 15 is 0 Å². The lowest BCUT2D eigenvalue weighted by atomic mass is 9.90. The van der Waals surface area contributed by atoms with Gasteiger partial charge in [0.2, 0.25) is 0 Å². The molecule has 14 nitrogen and oxygen atoms in total. The lowest BCUT2D eigenvalue weighted by molar-refractivity contribution is -0.0542. The quantitative estimate of drug-likeness (QED) is 0.289. The van der Waals surface area contributed by atoms with Crippen LogP contribution in [0.3, 0.4) is 0 Å².